The van der Waals surface area contributed by atoms with Gasteiger partial charge in [-0.05, 0) is 6.42 Å². The molecule has 0 fully saturated rings. The van der Waals surface area contributed by atoms with Gasteiger partial charge in [-0.2, -0.15) is 0 Å². The number of fused-ring (bicyclic) bond motifs is 1. The second-order valence-electron chi connectivity index (χ2n) is 5.23. The number of unbranched alkanes of at least 4 members (excludes halogenated alkanes) is 2. The number of nitrogens with two attached hydrogens (primary N) is 1. The molecule has 2 aliphatic rings. The minimum atomic E-state index is 0.301. The van der Waals surface area contributed by atoms with E-state index in [0.29, 0.717) is 18.6 Å². The fraction of sp³-hybridized carbons (Fsp3) is 0.500. The third-order valence-electron chi connectivity index (χ3n) is 3.64. The summed E-state index contributed by atoms with van der Waals surface area (Å²) in [6, 6.07) is 0.635. The summed E-state index contributed by atoms with van der Waals surface area (Å²) in [6.45, 7) is 3.75. The highest BCUT2D eigenvalue weighted by molar-refractivity contribution is 5.36. The van der Waals surface area contributed by atoms with E-state index in [-0.39, 0.29) is 0 Å². The van der Waals surface area contributed by atoms with Gasteiger partial charge in [-0.3, -0.25) is 0 Å². The summed E-state index contributed by atoms with van der Waals surface area (Å²) in [4.78, 5) is 0. The van der Waals surface area contributed by atoms with E-state index in [0.717, 1.165) is 17.8 Å². The lowest BCUT2D eigenvalue weighted by Gasteiger charge is -2.33. The molecular formula is C16H26N4. The van der Waals surface area contributed by atoms with Gasteiger partial charge in [0.1, 0.15) is 0 Å². The molecule has 0 saturated heterocycles. The molecule has 1 aliphatic heterocycles. The van der Waals surface area contributed by atoms with Gasteiger partial charge in [0, 0.05) is 31.1 Å². The van der Waals surface area contributed by atoms with Gasteiger partial charge < -0.3 is 21.7 Å². The van der Waals surface area contributed by atoms with E-state index in [1.165, 1.54) is 19.3 Å². The molecule has 0 radical (unpaired) electrons. The highest BCUT2D eigenvalue weighted by Gasteiger charge is 2.22. The van der Waals surface area contributed by atoms with E-state index in [9.17, 15) is 0 Å². The normalized spacial score (nSPS) is 24.5. The maximum atomic E-state index is 5.86. The molecule has 20 heavy (non-hydrogen) atoms. The molecular weight excluding hydrogens is 248 g/mol. The standard InChI is InChI=1S/C16H26N4/c1-2-3-6-9-18-11-13(10-17)16-12-19-14-7-4-5-8-15(14)20-16/h4-5,7-8,11-12,14-15,18-20H,2-3,6,9-10,17H2,1H3/b13-11+. The Morgan fingerprint density at radius 1 is 1.30 bits per heavy atom. The minimum Gasteiger partial charge on any atom is -0.391 e. The first-order chi connectivity index (χ1) is 9.85. The fourth-order valence-corrected chi connectivity index (χ4v) is 2.41. The lowest BCUT2D eigenvalue weighted by Crippen LogP contribution is -2.49. The molecule has 0 spiro atoms. The van der Waals surface area contributed by atoms with Gasteiger partial charge in [0.15, 0.2) is 0 Å². The van der Waals surface area contributed by atoms with Crippen LogP contribution in [0.15, 0.2) is 48.0 Å². The van der Waals surface area contributed by atoms with Crippen LogP contribution in [0.4, 0.5) is 0 Å². The molecule has 0 aromatic heterocycles. The zero-order valence-corrected chi connectivity index (χ0v) is 12.2. The van der Waals surface area contributed by atoms with Crippen LogP contribution < -0.4 is 21.7 Å². The maximum Gasteiger partial charge on any atom is 0.0685 e. The lowest BCUT2D eigenvalue weighted by molar-refractivity contribution is 0.514. The Bertz CT molecular complexity index is 420. The van der Waals surface area contributed by atoms with Crippen LogP contribution in [0.1, 0.15) is 26.2 Å². The van der Waals surface area contributed by atoms with Crippen LogP contribution in [0.5, 0.6) is 0 Å². The number of allylic oxidation sites excluding steroid dienone is 2. The zero-order valence-electron chi connectivity index (χ0n) is 12.2. The van der Waals surface area contributed by atoms with Crippen molar-refractivity contribution in [3.63, 3.8) is 0 Å². The van der Waals surface area contributed by atoms with Gasteiger partial charge in [-0.15, -0.1) is 0 Å². The van der Waals surface area contributed by atoms with E-state index in [1.54, 1.807) is 0 Å². The smallest absolute Gasteiger partial charge is 0.0685 e. The SMILES string of the molecule is CCCCCN/C=C(\CN)C1=CNC2C=CC=CC2N1. The number of nitrogens with one attached hydrogen (secondary N) is 3. The first kappa shape index (κ1) is 14.7. The Morgan fingerprint density at radius 3 is 2.85 bits per heavy atom. The molecule has 5 N–H and O–H groups in total. The lowest BCUT2D eigenvalue weighted by atomic mass is 9.99. The predicted octanol–water partition coefficient (Wildman–Crippen LogP) is 1.51. The van der Waals surface area contributed by atoms with Crippen molar-refractivity contribution in [3.05, 3.63) is 48.0 Å². The molecule has 0 aromatic rings. The molecule has 2 unspecified atom stereocenters. The molecule has 110 valence electrons. The summed E-state index contributed by atoms with van der Waals surface area (Å²) in [6.07, 6.45) is 16.3. The Hall–Kier alpha value is -1.68. The van der Waals surface area contributed by atoms with Gasteiger partial charge in [-0.25, -0.2) is 0 Å². The van der Waals surface area contributed by atoms with Crippen LogP contribution in [0.2, 0.25) is 0 Å². The fourth-order valence-electron chi connectivity index (χ4n) is 2.41. The number of hydrogen-bond acceptors (Lipinski definition) is 4. The molecule has 0 amide bonds. The highest BCUT2D eigenvalue weighted by Crippen LogP contribution is 2.15. The average Bonchev–Trinajstić information content (AvgIpc) is 2.50. The van der Waals surface area contributed by atoms with Crippen molar-refractivity contribution < 1.29 is 0 Å². The van der Waals surface area contributed by atoms with Crippen molar-refractivity contribution >= 4 is 0 Å². The van der Waals surface area contributed by atoms with E-state index in [1.807, 2.05) is 12.4 Å². The second-order valence-corrected chi connectivity index (χ2v) is 5.23. The number of hydrogen-bond donors (Lipinski definition) is 4. The molecule has 2 rings (SSSR count). The Labute approximate surface area is 121 Å². The van der Waals surface area contributed by atoms with Crippen LogP contribution in [0.3, 0.4) is 0 Å². The van der Waals surface area contributed by atoms with Crippen molar-refractivity contribution in [1.29, 1.82) is 0 Å². The van der Waals surface area contributed by atoms with Crippen LogP contribution in [-0.4, -0.2) is 25.2 Å². The molecule has 4 heteroatoms. The van der Waals surface area contributed by atoms with Crippen molar-refractivity contribution in [2.24, 2.45) is 5.73 Å². The average molecular weight is 274 g/mol. The van der Waals surface area contributed by atoms with Gasteiger partial charge in [-0.1, -0.05) is 44.1 Å². The van der Waals surface area contributed by atoms with Crippen molar-refractivity contribution in [2.45, 2.75) is 38.3 Å². The highest BCUT2D eigenvalue weighted by atomic mass is 15.1. The Kier molecular flexibility index (Phi) is 5.74. The minimum absolute atomic E-state index is 0.301. The third kappa shape index (κ3) is 3.90. The molecule has 0 saturated carbocycles. The molecule has 1 aliphatic carbocycles. The Morgan fingerprint density at radius 2 is 2.10 bits per heavy atom. The van der Waals surface area contributed by atoms with Gasteiger partial charge in [0.05, 0.1) is 17.8 Å². The van der Waals surface area contributed by atoms with Crippen LogP contribution >= 0.6 is 0 Å². The van der Waals surface area contributed by atoms with E-state index < -0.39 is 0 Å². The van der Waals surface area contributed by atoms with Crippen molar-refractivity contribution in [1.82, 2.24) is 16.0 Å². The van der Waals surface area contributed by atoms with Crippen molar-refractivity contribution in [2.75, 3.05) is 13.1 Å². The summed E-state index contributed by atoms with van der Waals surface area (Å²) >= 11 is 0. The summed E-state index contributed by atoms with van der Waals surface area (Å²) in [5, 5.41) is 10.3. The molecule has 2 atom stereocenters. The number of rotatable bonds is 7. The van der Waals surface area contributed by atoms with Crippen LogP contribution in [0, 0.1) is 0 Å². The summed E-state index contributed by atoms with van der Waals surface area (Å²) in [5.74, 6) is 0. The molecule has 0 aromatic carbocycles. The van der Waals surface area contributed by atoms with E-state index >= 15 is 0 Å². The molecule has 0 bridgehead atoms. The van der Waals surface area contributed by atoms with Gasteiger partial charge in [0.2, 0.25) is 0 Å². The monoisotopic (exact) mass is 274 g/mol. The first-order valence-corrected chi connectivity index (χ1v) is 7.55. The zero-order chi connectivity index (χ0) is 14.2. The first-order valence-electron chi connectivity index (χ1n) is 7.55. The van der Waals surface area contributed by atoms with Crippen molar-refractivity contribution in [3.8, 4) is 0 Å². The summed E-state index contributed by atoms with van der Waals surface area (Å²) in [5.41, 5.74) is 8.05. The Balaban J connectivity index is 1.90. The van der Waals surface area contributed by atoms with E-state index in [4.69, 9.17) is 5.73 Å². The van der Waals surface area contributed by atoms with Crippen LogP contribution in [-0.2, 0) is 0 Å². The topological polar surface area (TPSA) is 62.1 Å². The second kappa shape index (κ2) is 7.80. The quantitative estimate of drug-likeness (QED) is 0.531. The maximum absolute atomic E-state index is 5.86. The van der Waals surface area contributed by atoms with Gasteiger partial charge >= 0.3 is 0 Å². The molecule has 1 heterocycles. The predicted molar refractivity (Wildman–Crippen MR) is 84.9 cm³/mol. The molecule has 4 nitrogen and oxygen atoms in total. The summed E-state index contributed by atoms with van der Waals surface area (Å²) in [7, 11) is 0. The van der Waals surface area contributed by atoms with Crippen LogP contribution in [0.25, 0.3) is 0 Å². The largest absolute Gasteiger partial charge is 0.391 e. The third-order valence-corrected chi connectivity index (χ3v) is 3.64. The van der Waals surface area contributed by atoms with E-state index in [2.05, 4.69) is 47.2 Å². The summed E-state index contributed by atoms with van der Waals surface area (Å²) < 4.78 is 0. The van der Waals surface area contributed by atoms with Gasteiger partial charge in [0.25, 0.3) is 0 Å².